The van der Waals surface area contributed by atoms with Crippen molar-refractivity contribution < 1.29 is 4.79 Å². The first-order valence-corrected chi connectivity index (χ1v) is 6.90. The average molecular weight is 390 g/mol. The number of carbonyl (C=O) groups excluding carboxylic acids is 1. The van der Waals surface area contributed by atoms with E-state index in [-0.39, 0.29) is 5.91 Å². The molecule has 0 atom stereocenters. The highest BCUT2D eigenvalue weighted by Crippen LogP contribution is 2.23. The van der Waals surface area contributed by atoms with Crippen LogP contribution in [0.4, 0.5) is 5.69 Å². The third kappa shape index (κ3) is 3.31. The lowest BCUT2D eigenvalue weighted by Crippen LogP contribution is -2.11. The molecule has 0 bridgehead atoms. The maximum absolute atomic E-state index is 11.9. The summed E-state index contributed by atoms with van der Waals surface area (Å²) in [6, 6.07) is 8.52. The zero-order chi connectivity index (χ0) is 13.1. The standard InChI is InChI=1S/C12H7Br2ClN2O/c13-9-5-7(1-3-10(9)15)12(18)17-8-2-4-11(14)16-6-8/h1-6H,(H,17,18). The van der Waals surface area contributed by atoms with Gasteiger partial charge in [0.15, 0.2) is 0 Å². The van der Waals surface area contributed by atoms with E-state index in [1.165, 1.54) is 0 Å². The molecule has 0 spiro atoms. The number of hydrogen-bond donors (Lipinski definition) is 1. The first kappa shape index (κ1) is 13.5. The lowest BCUT2D eigenvalue weighted by molar-refractivity contribution is 0.102. The van der Waals surface area contributed by atoms with Gasteiger partial charge in [-0.1, -0.05) is 11.6 Å². The van der Waals surface area contributed by atoms with Gasteiger partial charge in [-0.15, -0.1) is 0 Å². The molecule has 92 valence electrons. The molecule has 18 heavy (non-hydrogen) atoms. The van der Waals surface area contributed by atoms with Crippen molar-refractivity contribution in [1.29, 1.82) is 0 Å². The number of nitrogens with one attached hydrogen (secondary N) is 1. The van der Waals surface area contributed by atoms with E-state index in [4.69, 9.17) is 11.6 Å². The van der Waals surface area contributed by atoms with E-state index >= 15 is 0 Å². The summed E-state index contributed by atoms with van der Waals surface area (Å²) in [5, 5.41) is 3.31. The van der Waals surface area contributed by atoms with Gasteiger partial charge in [-0.05, 0) is 62.2 Å². The molecule has 6 heteroatoms. The molecule has 1 N–H and O–H groups in total. The molecule has 0 unspecified atom stereocenters. The number of rotatable bonds is 2. The molecule has 1 aromatic carbocycles. The second-order valence-electron chi connectivity index (χ2n) is 3.45. The summed E-state index contributed by atoms with van der Waals surface area (Å²) in [5.41, 5.74) is 1.16. The Bertz CT molecular complexity index is 587. The highest BCUT2D eigenvalue weighted by atomic mass is 79.9. The van der Waals surface area contributed by atoms with Crippen molar-refractivity contribution in [3.8, 4) is 0 Å². The Labute approximate surface area is 126 Å². The fraction of sp³-hybridized carbons (Fsp3) is 0. The number of aromatic nitrogens is 1. The molecule has 0 radical (unpaired) electrons. The molecule has 0 aliphatic heterocycles. The number of pyridine rings is 1. The Morgan fingerprint density at radius 1 is 1.22 bits per heavy atom. The van der Waals surface area contributed by atoms with E-state index < -0.39 is 0 Å². The smallest absolute Gasteiger partial charge is 0.255 e. The largest absolute Gasteiger partial charge is 0.321 e. The monoisotopic (exact) mass is 388 g/mol. The quantitative estimate of drug-likeness (QED) is 0.767. The molecule has 0 saturated heterocycles. The van der Waals surface area contributed by atoms with Crippen LogP contribution in [-0.4, -0.2) is 10.9 Å². The molecular formula is C12H7Br2ClN2O. The molecule has 2 rings (SSSR count). The molecule has 0 aliphatic carbocycles. The van der Waals surface area contributed by atoms with Crippen molar-refractivity contribution in [2.24, 2.45) is 0 Å². The summed E-state index contributed by atoms with van der Waals surface area (Å²) in [6.45, 7) is 0. The summed E-state index contributed by atoms with van der Waals surface area (Å²) in [5.74, 6) is -0.212. The van der Waals surface area contributed by atoms with Gasteiger partial charge in [-0.25, -0.2) is 4.98 Å². The average Bonchev–Trinajstić information content (AvgIpc) is 2.35. The normalized spacial score (nSPS) is 10.2. The third-order valence-corrected chi connectivity index (χ3v) is 3.85. The summed E-state index contributed by atoms with van der Waals surface area (Å²) < 4.78 is 1.40. The van der Waals surface area contributed by atoms with Crippen LogP contribution < -0.4 is 5.32 Å². The van der Waals surface area contributed by atoms with Gasteiger partial charge in [0, 0.05) is 10.0 Å². The number of anilines is 1. The SMILES string of the molecule is O=C(Nc1ccc(Br)nc1)c1ccc(Cl)c(Br)c1. The maximum Gasteiger partial charge on any atom is 0.255 e. The highest BCUT2D eigenvalue weighted by molar-refractivity contribution is 9.10. The summed E-state index contributed by atoms with van der Waals surface area (Å²) in [4.78, 5) is 16.0. The van der Waals surface area contributed by atoms with E-state index in [1.807, 2.05) is 0 Å². The van der Waals surface area contributed by atoms with Crippen molar-refractivity contribution in [2.75, 3.05) is 5.32 Å². The number of nitrogens with zero attached hydrogens (tertiary/aromatic N) is 1. The van der Waals surface area contributed by atoms with Crippen LogP contribution in [0.2, 0.25) is 5.02 Å². The minimum atomic E-state index is -0.212. The minimum absolute atomic E-state index is 0.212. The molecule has 0 aliphatic rings. The highest BCUT2D eigenvalue weighted by Gasteiger charge is 2.08. The van der Waals surface area contributed by atoms with Gasteiger partial charge in [0.05, 0.1) is 16.9 Å². The predicted molar refractivity (Wildman–Crippen MR) is 79.0 cm³/mol. The molecule has 0 fully saturated rings. The van der Waals surface area contributed by atoms with Gasteiger partial charge < -0.3 is 5.32 Å². The van der Waals surface area contributed by atoms with Gasteiger partial charge >= 0.3 is 0 Å². The van der Waals surface area contributed by atoms with Crippen LogP contribution in [0.25, 0.3) is 0 Å². The third-order valence-electron chi connectivity index (χ3n) is 2.17. The van der Waals surface area contributed by atoms with Crippen LogP contribution in [0.3, 0.4) is 0 Å². The van der Waals surface area contributed by atoms with Gasteiger partial charge in [-0.2, -0.15) is 0 Å². The Hall–Kier alpha value is -0.910. The topological polar surface area (TPSA) is 42.0 Å². The maximum atomic E-state index is 11.9. The van der Waals surface area contributed by atoms with Gasteiger partial charge in [0.25, 0.3) is 5.91 Å². The summed E-state index contributed by atoms with van der Waals surface area (Å²) >= 11 is 12.4. The number of benzene rings is 1. The van der Waals surface area contributed by atoms with E-state index in [0.29, 0.717) is 20.7 Å². The summed E-state index contributed by atoms with van der Waals surface area (Å²) in [6.07, 6.45) is 1.58. The second-order valence-corrected chi connectivity index (χ2v) is 5.53. The van der Waals surface area contributed by atoms with Gasteiger partial charge in [0.2, 0.25) is 0 Å². The van der Waals surface area contributed by atoms with Gasteiger partial charge in [-0.3, -0.25) is 4.79 Å². The van der Waals surface area contributed by atoms with Crippen molar-refractivity contribution >= 4 is 55.1 Å². The molecule has 2 aromatic rings. The van der Waals surface area contributed by atoms with E-state index in [1.54, 1.807) is 36.5 Å². The van der Waals surface area contributed by atoms with Crippen molar-refractivity contribution in [3.63, 3.8) is 0 Å². The Morgan fingerprint density at radius 2 is 2.00 bits per heavy atom. The molecular weight excluding hydrogens is 383 g/mol. The minimum Gasteiger partial charge on any atom is -0.321 e. The molecule has 0 saturated carbocycles. The van der Waals surface area contributed by atoms with E-state index in [9.17, 15) is 4.79 Å². The lowest BCUT2D eigenvalue weighted by atomic mass is 10.2. The lowest BCUT2D eigenvalue weighted by Gasteiger charge is -2.05. The van der Waals surface area contributed by atoms with Crippen LogP contribution in [0.1, 0.15) is 10.4 Å². The number of hydrogen-bond acceptors (Lipinski definition) is 2. The van der Waals surface area contributed by atoms with Crippen LogP contribution in [0.5, 0.6) is 0 Å². The van der Waals surface area contributed by atoms with Crippen LogP contribution >= 0.6 is 43.5 Å². The van der Waals surface area contributed by atoms with Crippen LogP contribution in [0.15, 0.2) is 45.6 Å². The van der Waals surface area contributed by atoms with Crippen LogP contribution in [-0.2, 0) is 0 Å². The molecule has 1 aromatic heterocycles. The van der Waals surface area contributed by atoms with Crippen molar-refractivity contribution in [3.05, 3.63) is 56.2 Å². The molecule has 1 amide bonds. The molecule has 3 nitrogen and oxygen atoms in total. The van der Waals surface area contributed by atoms with E-state index in [0.717, 1.165) is 4.60 Å². The summed E-state index contributed by atoms with van der Waals surface area (Å²) in [7, 11) is 0. The van der Waals surface area contributed by atoms with Crippen molar-refractivity contribution in [1.82, 2.24) is 4.98 Å². The Balaban J connectivity index is 2.16. The Kier molecular flexibility index (Phi) is 4.37. The predicted octanol–water partition coefficient (Wildman–Crippen LogP) is 4.51. The zero-order valence-corrected chi connectivity index (χ0v) is 12.9. The molecule has 1 heterocycles. The first-order valence-electron chi connectivity index (χ1n) is 4.94. The fourth-order valence-corrected chi connectivity index (χ4v) is 2.02. The number of carbonyl (C=O) groups is 1. The van der Waals surface area contributed by atoms with Gasteiger partial charge in [0.1, 0.15) is 4.60 Å². The Morgan fingerprint density at radius 3 is 2.61 bits per heavy atom. The first-order chi connectivity index (χ1) is 8.56. The zero-order valence-electron chi connectivity index (χ0n) is 8.95. The van der Waals surface area contributed by atoms with Crippen LogP contribution in [0, 0.1) is 0 Å². The second kappa shape index (κ2) is 5.82. The van der Waals surface area contributed by atoms with E-state index in [2.05, 4.69) is 42.2 Å². The number of halogens is 3. The van der Waals surface area contributed by atoms with Crippen molar-refractivity contribution in [2.45, 2.75) is 0 Å². The fourth-order valence-electron chi connectivity index (χ4n) is 1.29. The number of amides is 1.